The number of ether oxygens (including phenoxy) is 1. The number of aryl methyl sites for hydroxylation is 2. The van der Waals surface area contributed by atoms with Crippen molar-refractivity contribution in [3.63, 3.8) is 0 Å². The Morgan fingerprint density at radius 2 is 2.12 bits per heavy atom. The third-order valence-corrected chi connectivity index (χ3v) is 2.79. The molecular weight excluding hydrogens is 220 g/mol. The van der Waals surface area contributed by atoms with Crippen LogP contribution in [0.15, 0.2) is 4.52 Å². The fourth-order valence-electron chi connectivity index (χ4n) is 1.60. The van der Waals surface area contributed by atoms with E-state index in [2.05, 4.69) is 10.5 Å². The molecule has 0 aliphatic heterocycles. The maximum absolute atomic E-state index is 11.5. The molecule has 5 nitrogen and oxygen atoms in total. The van der Waals surface area contributed by atoms with Gasteiger partial charge in [-0.1, -0.05) is 5.16 Å². The van der Waals surface area contributed by atoms with E-state index in [-0.39, 0.29) is 5.97 Å². The normalized spacial score (nSPS) is 11.6. The number of carbonyl (C=O) groups is 1. The molecule has 0 aliphatic rings. The zero-order valence-electron chi connectivity index (χ0n) is 11.1. The molecule has 0 unspecified atom stereocenters. The lowest BCUT2D eigenvalue weighted by Crippen LogP contribution is -2.36. The predicted octanol–water partition coefficient (Wildman–Crippen LogP) is 1.58. The summed E-state index contributed by atoms with van der Waals surface area (Å²) in [5.41, 5.74) is 1.39. The summed E-state index contributed by atoms with van der Waals surface area (Å²) in [6.07, 6.45) is 0. The van der Waals surface area contributed by atoms with Gasteiger partial charge in [0.25, 0.3) is 0 Å². The third kappa shape index (κ3) is 3.30. The molecule has 0 saturated heterocycles. The first-order chi connectivity index (χ1) is 7.88. The second-order valence-corrected chi connectivity index (χ2v) is 4.78. The SMILES string of the molecule is COC(=O)C(C)(C)CNCc1c(C)noc1C. The number of aromatic nitrogens is 1. The Hall–Kier alpha value is -1.36. The first-order valence-electron chi connectivity index (χ1n) is 5.59. The highest BCUT2D eigenvalue weighted by Crippen LogP contribution is 2.17. The minimum absolute atomic E-state index is 0.219. The van der Waals surface area contributed by atoms with Crippen molar-refractivity contribution in [3.05, 3.63) is 17.0 Å². The van der Waals surface area contributed by atoms with Crippen molar-refractivity contribution in [2.24, 2.45) is 5.41 Å². The van der Waals surface area contributed by atoms with Crippen LogP contribution in [-0.2, 0) is 16.1 Å². The second kappa shape index (κ2) is 5.31. The summed E-state index contributed by atoms with van der Waals surface area (Å²) in [6, 6.07) is 0. The van der Waals surface area contributed by atoms with Crippen molar-refractivity contribution in [1.29, 1.82) is 0 Å². The predicted molar refractivity (Wildman–Crippen MR) is 63.5 cm³/mol. The van der Waals surface area contributed by atoms with Gasteiger partial charge in [-0.05, 0) is 27.7 Å². The van der Waals surface area contributed by atoms with Crippen LogP contribution >= 0.6 is 0 Å². The molecule has 0 bridgehead atoms. The number of hydrogen-bond donors (Lipinski definition) is 1. The van der Waals surface area contributed by atoms with E-state index in [9.17, 15) is 4.79 Å². The number of nitrogens with zero attached hydrogens (tertiary/aromatic N) is 1. The van der Waals surface area contributed by atoms with E-state index >= 15 is 0 Å². The van der Waals surface area contributed by atoms with Gasteiger partial charge in [0.2, 0.25) is 0 Å². The van der Waals surface area contributed by atoms with E-state index < -0.39 is 5.41 Å². The van der Waals surface area contributed by atoms with Crippen molar-refractivity contribution < 1.29 is 14.1 Å². The standard InChI is InChI=1S/C12H20N2O3/c1-8-10(9(2)17-14-8)6-13-7-12(3,4)11(15)16-5/h13H,6-7H2,1-5H3. The van der Waals surface area contributed by atoms with Crippen LogP contribution in [0, 0.1) is 19.3 Å². The van der Waals surface area contributed by atoms with Crippen molar-refractivity contribution >= 4 is 5.97 Å². The maximum Gasteiger partial charge on any atom is 0.312 e. The molecule has 0 atom stereocenters. The highest BCUT2D eigenvalue weighted by atomic mass is 16.5. The lowest BCUT2D eigenvalue weighted by molar-refractivity contribution is -0.150. The number of carbonyl (C=O) groups excluding carboxylic acids is 1. The van der Waals surface area contributed by atoms with Crippen LogP contribution in [-0.4, -0.2) is 24.8 Å². The summed E-state index contributed by atoms with van der Waals surface area (Å²) >= 11 is 0. The summed E-state index contributed by atoms with van der Waals surface area (Å²) < 4.78 is 9.81. The summed E-state index contributed by atoms with van der Waals surface area (Å²) in [4.78, 5) is 11.5. The molecule has 1 heterocycles. The van der Waals surface area contributed by atoms with Gasteiger partial charge in [-0.25, -0.2) is 0 Å². The molecule has 1 rings (SSSR count). The smallest absolute Gasteiger partial charge is 0.312 e. The first kappa shape index (κ1) is 13.7. The van der Waals surface area contributed by atoms with Crippen LogP contribution in [0.2, 0.25) is 0 Å². The first-order valence-corrected chi connectivity index (χ1v) is 5.59. The number of nitrogens with one attached hydrogen (secondary N) is 1. The fraction of sp³-hybridized carbons (Fsp3) is 0.667. The van der Waals surface area contributed by atoms with Gasteiger partial charge >= 0.3 is 5.97 Å². The molecule has 0 spiro atoms. The molecule has 1 N–H and O–H groups in total. The number of hydrogen-bond acceptors (Lipinski definition) is 5. The van der Waals surface area contributed by atoms with Gasteiger partial charge in [0, 0.05) is 18.7 Å². The van der Waals surface area contributed by atoms with Gasteiger partial charge in [-0.2, -0.15) is 0 Å². The topological polar surface area (TPSA) is 64.4 Å². The molecule has 5 heteroatoms. The van der Waals surface area contributed by atoms with Crippen LogP contribution in [0.3, 0.4) is 0 Å². The van der Waals surface area contributed by atoms with E-state index in [0.717, 1.165) is 17.0 Å². The zero-order chi connectivity index (χ0) is 13.1. The Balaban J connectivity index is 2.51. The molecule has 0 aromatic carbocycles. The molecule has 1 aromatic rings. The van der Waals surface area contributed by atoms with E-state index in [1.807, 2.05) is 27.7 Å². The van der Waals surface area contributed by atoms with Crippen LogP contribution in [0.5, 0.6) is 0 Å². The summed E-state index contributed by atoms with van der Waals surface area (Å²) in [5, 5.41) is 7.10. The van der Waals surface area contributed by atoms with Crippen LogP contribution < -0.4 is 5.32 Å². The van der Waals surface area contributed by atoms with Gasteiger partial charge in [-0.3, -0.25) is 4.79 Å². The number of methoxy groups -OCH3 is 1. The van der Waals surface area contributed by atoms with Crippen LogP contribution in [0.4, 0.5) is 0 Å². The number of rotatable bonds is 5. The van der Waals surface area contributed by atoms with Gasteiger partial charge in [0.1, 0.15) is 5.76 Å². The Morgan fingerprint density at radius 1 is 1.47 bits per heavy atom. The highest BCUT2D eigenvalue weighted by molar-refractivity contribution is 5.76. The zero-order valence-corrected chi connectivity index (χ0v) is 11.1. The van der Waals surface area contributed by atoms with E-state index in [0.29, 0.717) is 13.1 Å². The van der Waals surface area contributed by atoms with Crippen molar-refractivity contribution in [2.75, 3.05) is 13.7 Å². The average Bonchev–Trinajstić information content (AvgIpc) is 2.59. The molecule has 0 radical (unpaired) electrons. The monoisotopic (exact) mass is 240 g/mol. The molecule has 96 valence electrons. The summed E-state index contributed by atoms with van der Waals surface area (Å²) in [6.45, 7) is 8.66. The fourth-order valence-corrected chi connectivity index (χ4v) is 1.60. The molecule has 0 aliphatic carbocycles. The van der Waals surface area contributed by atoms with Gasteiger partial charge in [0.05, 0.1) is 18.2 Å². The Kier molecular flexibility index (Phi) is 4.28. The molecular formula is C12H20N2O3. The largest absolute Gasteiger partial charge is 0.469 e. The summed E-state index contributed by atoms with van der Waals surface area (Å²) in [7, 11) is 1.40. The Bertz CT molecular complexity index is 377. The maximum atomic E-state index is 11.5. The van der Waals surface area contributed by atoms with Gasteiger partial charge in [0.15, 0.2) is 0 Å². The van der Waals surface area contributed by atoms with Crippen molar-refractivity contribution in [3.8, 4) is 0 Å². The third-order valence-electron chi connectivity index (χ3n) is 2.79. The Labute approximate surface area is 102 Å². The number of esters is 1. The van der Waals surface area contributed by atoms with Gasteiger partial charge in [-0.15, -0.1) is 0 Å². The van der Waals surface area contributed by atoms with E-state index in [1.165, 1.54) is 7.11 Å². The Morgan fingerprint density at radius 3 is 2.59 bits per heavy atom. The minimum atomic E-state index is -0.534. The lowest BCUT2D eigenvalue weighted by Gasteiger charge is -2.21. The molecule has 0 fully saturated rings. The van der Waals surface area contributed by atoms with Crippen LogP contribution in [0.1, 0.15) is 30.9 Å². The quantitative estimate of drug-likeness (QED) is 0.792. The molecule has 0 saturated carbocycles. The highest BCUT2D eigenvalue weighted by Gasteiger charge is 2.28. The molecule has 0 amide bonds. The van der Waals surface area contributed by atoms with Crippen LogP contribution in [0.25, 0.3) is 0 Å². The molecule has 17 heavy (non-hydrogen) atoms. The van der Waals surface area contributed by atoms with E-state index in [4.69, 9.17) is 9.26 Å². The van der Waals surface area contributed by atoms with Gasteiger partial charge < -0.3 is 14.6 Å². The van der Waals surface area contributed by atoms with Crippen molar-refractivity contribution in [2.45, 2.75) is 34.2 Å². The summed E-state index contributed by atoms with van der Waals surface area (Å²) in [5.74, 6) is 0.592. The average molecular weight is 240 g/mol. The van der Waals surface area contributed by atoms with E-state index in [1.54, 1.807) is 0 Å². The molecule has 1 aromatic heterocycles. The lowest BCUT2D eigenvalue weighted by atomic mass is 9.93. The minimum Gasteiger partial charge on any atom is -0.469 e. The second-order valence-electron chi connectivity index (χ2n) is 4.78. The van der Waals surface area contributed by atoms with Crippen molar-refractivity contribution in [1.82, 2.24) is 10.5 Å².